The number of rotatable bonds is 47. The van der Waals surface area contributed by atoms with Crippen LogP contribution in [0.1, 0.15) is 245 Å². The molecule has 0 bridgehead atoms. The van der Waals surface area contributed by atoms with Crippen molar-refractivity contribution in [1.29, 1.82) is 0 Å². The third kappa shape index (κ3) is 42.9. The lowest BCUT2D eigenvalue weighted by molar-refractivity contribution is -0.887. The maximum Gasteiger partial charge on any atom is 0.362 e. The molecule has 0 heterocycles. The van der Waals surface area contributed by atoms with Gasteiger partial charge in [0.1, 0.15) is 6.61 Å². The molecule has 1 N–H and O–H groups in total. The summed E-state index contributed by atoms with van der Waals surface area (Å²) in [6.07, 6.45) is 50.8. The Morgan fingerprint density at radius 3 is 1.18 bits per heavy atom. The highest BCUT2D eigenvalue weighted by atomic mass is 16.6. The summed E-state index contributed by atoms with van der Waals surface area (Å²) in [6, 6.07) is -0.614. The molecule has 0 aliphatic carbocycles. The quantitative estimate of drug-likeness (QED) is 0.0281. The Hall–Kier alpha value is -2.19. The molecule has 0 radical (unpaired) electrons. The van der Waals surface area contributed by atoms with Gasteiger partial charge in [-0.1, -0.05) is 186 Å². The fourth-order valence-electron chi connectivity index (χ4n) is 7.79. The zero-order chi connectivity index (χ0) is 44.9. The second kappa shape index (κ2) is 44.4. The van der Waals surface area contributed by atoms with Gasteiger partial charge >= 0.3 is 17.9 Å². The van der Waals surface area contributed by atoms with Crippen molar-refractivity contribution in [2.75, 3.05) is 41.0 Å². The highest BCUT2D eigenvalue weighted by Gasteiger charge is 2.31. The molecule has 0 spiro atoms. The van der Waals surface area contributed by atoms with E-state index in [1.807, 2.05) is 21.1 Å². The molecule has 358 valence electrons. The molecule has 8 heteroatoms. The van der Waals surface area contributed by atoms with Crippen LogP contribution in [0.15, 0.2) is 24.3 Å². The first kappa shape index (κ1) is 58.8. The summed E-state index contributed by atoms with van der Waals surface area (Å²) in [5.74, 6) is -1.46. The first-order chi connectivity index (χ1) is 29.6. The van der Waals surface area contributed by atoms with Gasteiger partial charge in [0, 0.05) is 19.3 Å². The predicted octanol–water partition coefficient (Wildman–Crippen LogP) is 14.8. The van der Waals surface area contributed by atoms with Crippen LogP contribution < -0.4 is 0 Å². The van der Waals surface area contributed by atoms with Gasteiger partial charge in [0.2, 0.25) is 0 Å². The molecular weight excluding hydrogens is 763 g/mol. The second-order valence-corrected chi connectivity index (χ2v) is 18.8. The number of carbonyl (C=O) groups excluding carboxylic acids is 2. The van der Waals surface area contributed by atoms with E-state index in [-0.39, 0.29) is 36.2 Å². The van der Waals surface area contributed by atoms with Crippen LogP contribution in [0.3, 0.4) is 0 Å². The fraction of sp³-hybridized carbons (Fsp3) is 0.868. The van der Waals surface area contributed by atoms with Gasteiger partial charge in [-0.05, 0) is 64.2 Å². The largest absolute Gasteiger partial charge is 0.477 e. The number of hydrogen-bond donors (Lipinski definition) is 1. The summed E-state index contributed by atoms with van der Waals surface area (Å²) in [5, 5.41) is 9.65. The lowest BCUT2D eigenvalue weighted by atomic mass is 10.1. The second-order valence-electron chi connectivity index (χ2n) is 18.8. The average molecular weight is 863 g/mol. The smallest absolute Gasteiger partial charge is 0.362 e. The summed E-state index contributed by atoms with van der Waals surface area (Å²) in [6.45, 7) is 4.76. The van der Waals surface area contributed by atoms with Crippen LogP contribution in [-0.4, -0.2) is 80.6 Å². The third-order valence-corrected chi connectivity index (χ3v) is 11.8. The van der Waals surface area contributed by atoms with Crippen LogP contribution in [0.4, 0.5) is 0 Å². The number of likely N-dealkylation sites (N-methyl/N-ethyl adjacent to an activating group) is 1. The summed E-state index contributed by atoms with van der Waals surface area (Å²) in [7, 11) is 5.54. The molecule has 8 nitrogen and oxygen atoms in total. The lowest BCUT2D eigenvalue weighted by Gasteiger charge is -2.31. The van der Waals surface area contributed by atoms with Crippen LogP contribution in [0.5, 0.6) is 0 Å². The maximum absolute atomic E-state index is 12.8. The zero-order valence-electron chi connectivity index (χ0n) is 40.9. The highest BCUT2D eigenvalue weighted by molar-refractivity contribution is 5.72. The molecule has 0 fully saturated rings. The van der Waals surface area contributed by atoms with Gasteiger partial charge in [-0.2, -0.15) is 0 Å². The van der Waals surface area contributed by atoms with Crippen molar-refractivity contribution < 1.29 is 38.2 Å². The molecule has 0 amide bonds. The Kier molecular flexibility index (Phi) is 42.8. The van der Waals surface area contributed by atoms with E-state index < -0.39 is 18.1 Å². The monoisotopic (exact) mass is 863 g/mol. The zero-order valence-corrected chi connectivity index (χ0v) is 40.9. The normalized spacial score (nSPS) is 13.0. The number of aliphatic carboxylic acids is 1. The first-order valence-electron chi connectivity index (χ1n) is 25.9. The Bertz CT molecular complexity index is 1050. The molecule has 2 unspecified atom stereocenters. The average Bonchev–Trinajstić information content (AvgIpc) is 3.22. The van der Waals surface area contributed by atoms with E-state index in [0.717, 1.165) is 38.5 Å². The topological polar surface area (TPSA) is 99.1 Å². The van der Waals surface area contributed by atoms with E-state index in [2.05, 4.69) is 38.2 Å². The summed E-state index contributed by atoms with van der Waals surface area (Å²) in [4.78, 5) is 37.1. The maximum atomic E-state index is 12.8. The molecule has 2 atom stereocenters. The van der Waals surface area contributed by atoms with Crippen molar-refractivity contribution in [3.8, 4) is 0 Å². The van der Waals surface area contributed by atoms with Crippen LogP contribution >= 0.6 is 0 Å². The highest BCUT2D eigenvalue weighted by Crippen LogP contribution is 2.15. The molecular formula is C53H100NO7+. The van der Waals surface area contributed by atoms with Crippen LogP contribution in [-0.2, 0) is 28.6 Å². The Balaban J connectivity index is 4.24. The van der Waals surface area contributed by atoms with Gasteiger partial charge in [-0.15, -0.1) is 0 Å². The number of carboxylic acids is 1. The standard InChI is InChI=1S/C53H99NO7/c1-6-8-10-12-14-16-18-20-22-24-25-26-28-30-32-34-36-38-40-42-44-52(56)61-49(47-59-46-45-50(53(57)58)54(3,4)5)48-60-51(55)43-41-39-37-35-33-31-29-27-23-21-19-17-15-13-11-9-7-2/h21,23,25-26,49-50H,6-20,22,24,27-48H2,1-5H3/p+1/b23-21+,26-25+. The number of carbonyl (C=O) groups is 3. The molecule has 0 aliphatic rings. The van der Waals surface area contributed by atoms with Gasteiger partial charge in [-0.3, -0.25) is 9.59 Å². The van der Waals surface area contributed by atoms with Crippen LogP contribution in [0.25, 0.3) is 0 Å². The molecule has 0 aromatic heterocycles. The number of hydrogen-bond acceptors (Lipinski definition) is 6. The molecule has 0 saturated carbocycles. The molecule has 0 aromatic rings. The van der Waals surface area contributed by atoms with E-state index in [1.54, 1.807) is 0 Å². The number of nitrogens with zero attached hydrogens (tertiary/aromatic N) is 1. The molecule has 0 aliphatic heterocycles. The van der Waals surface area contributed by atoms with Crippen molar-refractivity contribution in [3.63, 3.8) is 0 Å². The first-order valence-corrected chi connectivity index (χ1v) is 25.9. The van der Waals surface area contributed by atoms with Crippen molar-refractivity contribution in [2.45, 2.75) is 257 Å². The SMILES string of the molecule is CCCCCCCC/C=C/CCCCCCCCCC(=O)OCC(COCCC(C(=O)O)[N+](C)(C)C)OC(=O)CCCCCCCCC/C=C/CCCCCCCCCCC. The van der Waals surface area contributed by atoms with E-state index in [0.29, 0.717) is 19.3 Å². The molecule has 61 heavy (non-hydrogen) atoms. The van der Waals surface area contributed by atoms with Gasteiger partial charge in [0.25, 0.3) is 0 Å². The lowest BCUT2D eigenvalue weighted by Crippen LogP contribution is -2.50. The number of carboxylic acid groups (broad SMARTS) is 1. The number of ether oxygens (including phenoxy) is 3. The number of quaternary nitrogens is 1. The minimum atomic E-state index is -0.873. The Labute approximate surface area is 377 Å². The van der Waals surface area contributed by atoms with Crippen molar-refractivity contribution in [3.05, 3.63) is 24.3 Å². The number of unbranched alkanes of at least 4 members (excludes halogenated alkanes) is 29. The van der Waals surface area contributed by atoms with E-state index in [4.69, 9.17) is 14.2 Å². The summed E-state index contributed by atoms with van der Waals surface area (Å²) in [5.41, 5.74) is 0. The van der Waals surface area contributed by atoms with Gasteiger partial charge in [0.15, 0.2) is 12.1 Å². The molecule has 0 aromatic carbocycles. The number of allylic oxidation sites excluding steroid dienone is 4. The number of esters is 2. The minimum Gasteiger partial charge on any atom is -0.477 e. The van der Waals surface area contributed by atoms with Gasteiger partial charge in [-0.25, -0.2) is 4.79 Å². The fourth-order valence-corrected chi connectivity index (χ4v) is 7.79. The minimum absolute atomic E-state index is 0.0515. The predicted molar refractivity (Wildman–Crippen MR) is 257 cm³/mol. The Morgan fingerprint density at radius 1 is 0.475 bits per heavy atom. The van der Waals surface area contributed by atoms with Crippen molar-refractivity contribution >= 4 is 17.9 Å². The van der Waals surface area contributed by atoms with Crippen LogP contribution in [0, 0.1) is 0 Å². The molecule has 0 saturated heterocycles. The van der Waals surface area contributed by atoms with Gasteiger partial charge < -0.3 is 23.8 Å². The summed E-state index contributed by atoms with van der Waals surface area (Å²) >= 11 is 0. The summed E-state index contributed by atoms with van der Waals surface area (Å²) < 4.78 is 17.4. The van der Waals surface area contributed by atoms with Crippen molar-refractivity contribution in [1.82, 2.24) is 0 Å². The van der Waals surface area contributed by atoms with E-state index in [9.17, 15) is 19.5 Å². The Morgan fingerprint density at radius 2 is 0.820 bits per heavy atom. The molecule has 0 rings (SSSR count). The van der Waals surface area contributed by atoms with E-state index in [1.165, 1.54) is 173 Å². The van der Waals surface area contributed by atoms with E-state index >= 15 is 0 Å². The van der Waals surface area contributed by atoms with Crippen LogP contribution in [0.2, 0.25) is 0 Å². The van der Waals surface area contributed by atoms with Crippen molar-refractivity contribution in [2.24, 2.45) is 0 Å². The van der Waals surface area contributed by atoms with Gasteiger partial charge in [0.05, 0.1) is 34.4 Å². The third-order valence-electron chi connectivity index (χ3n) is 11.8.